The molecule has 0 radical (unpaired) electrons. The molecule has 0 aliphatic heterocycles. The summed E-state index contributed by atoms with van der Waals surface area (Å²) in [6, 6.07) is 96.4. The Balaban J connectivity index is 0.881. The molecule has 2 spiro atoms. The summed E-state index contributed by atoms with van der Waals surface area (Å²) in [6.45, 7) is 2.24. The first-order chi connectivity index (χ1) is 39.5. The topological polar surface area (TPSA) is 26.9 Å². The maximum atomic E-state index is 16.0. The van der Waals surface area contributed by atoms with Gasteiger partial charge in [-0.25, -0.2) is 0 Å². The fraction of sp³-hybridized carbons (Fsp3) is 0.0519. The summed E-state index contributed by atoms with van der Waals surface area (Å²) in [4.78, 5) is 16.0. The molecule has 80 heavy (non-hydrogen) atoms. The van der Waals surface area contributed by atoms with Crippen molar-refractivity contribution < 1.29 is 4.79 Å². The third-order valence-corrected chi connectivity index (χ3v) is 18.9. The molecule has 4 aliphatic carbocycles. The number of carbonyl (C=O) groups excluding carboxylic acids is 1. The molecule has 3 nitrogen and oxygen atoms in total. The number of para-hydroxylation sites is 4. The summed E-state index contributed by atoms with van der Waals surface area (Å²) in [5, 5.41) is 4.91. The lowest BCUT2D eigenvalue weighted by atomic mass is 9.69. The average Bonchev–Trinajstić information content (AvgIpc) is 3.28. The molecule has 0 unspecified atom stereocenters. The Bertz CT molecular complexity index is 4780. The second kappa shape index (κ2) is 15.8. The van der Waals surface area contributed by atoms with Gasteiger partial charge < -0.3 is 9.13 Å². The van der Waals surface area contributed by atoms with Gasteiger partial charge in [-0.05, 0) is 162 Å². The zero-order valence-corrected chi connectivity index (χ0v) is 43.8. The Hall–Kier alpha value is -10.1. The van der Waals surface area contributed by atoms with Gasteiger partial charge in [-0.1, -0.05) is 207 Å². The zero-order chi connectivity index (χ0) is 52.6. The van der Waals surface area contributed by atoms with Crippen molar-refractivity contribution >= 4 is 49.4 Å². The van der Waals surface area contributed by atoms with Crippen LogP contribution in [0.1, 0.15) is 72.9 Å². The van der Waals surface area contributed by atoms with Crippen molar-refractivity contribution in [3.63, 3.8) is 0 Å². The smallest absolute Gasteiger partial charge is 0.193 e. The predicted molar refractivity (Wildman–Crippen MR) is 327 cm³/mol. The van der Waals surface area contributed by atoms with Gasteiger partial charge in [0.2, 0.25) is 0 Å². The quantitative estimate of drug-likeness (QED) is 0.158. The minimum absolute atomic E-state index is 0.0122. The van der Waals surface area contributed by atoms with Crippen molar-refractivity contribution in [1.29, 1.82) is 0 Å². The fourth-order valence-electron chi connectivity index (χ4n) is 15.7. The summed E-state index contributed by atoms with van der Waals surface area (Å²) in [5.74, 6) is 0.0122. The second-order valence-electron chi connectivity index (χ2n) is 22.4. The first-order valence-electron chi connectivity index (χ1n) is 28.1. The number of ketones is 1. The highest BCUT2D eigenvalue weighted by molar-refractivity contribution is 6.13. The van der Waals surface area contributed by atoms with Crippen LogP contribution in [0.25, 0.3) is 99.5 Å². The van der Waals surface area contributed by atoms with Crippen molar-refractivity contribution in [3.05, 3.63) is 322 Å². The minimum atomic E-state index is -0.783. The number of fused-ring (bicyclic) bond motifs is 26. The molecule has 18 rings (SSSR count). The number of benzene rings is 12. The van der Waals surface area contributed by atoms with Crippen LogP contribution < -0.4 is 0 Å². The maximum Gasteiger partial charge on any atom is 0.193 e. The summed E-state index contributed by atoms with van der Waals surface area (Å²) >= 11 is 0. The van der Waals surface area contributed by atoms with E-state index in [9.17, 15) is 0 Å². The third kappa shape index (κ3) is 5.37. The van der Waals surface area contributed by atoms with Crippen LogP contribution in [-0.2, 0) is 17.3 Å². The largest absolute Gasteiger partial charge is 0.309 e. The highest BCUT2D eigenvalue weighted by Crippen LogP contribution is 2.65. The molecule has 0 amide bonds. The summed E-state index contributed by atoms with van der Waals surface area (Å²) in [5.41, 5.74) is 27.6. The lowest BCUT2D eigenvalue weighted by molar-refractivity contribution is 0.103. The lowest BCUT2D eigenvalue weighted by Crippen LogP contribution is -2.27. The first kappa shape index (κ1) is 44.0. The van der Waals surface area contributed by atoms with E-state index in [1.807, 2.05) is 0 Å². The van der Waals surface area contributed by atoms with Crippen molar-refractivity contribution in [2.24, 2.45) is 0 Å². The number of rotatable bonds is 5. The highest BCUT2D eigenvalue weighted by atomic mass is 16.1. The van der Waals surface area contributed by atoms with Gasteiger partial charge in [-0.15, -0.1) is 0 Å². The summed E-state index contributed by atoms with van der Waals surface area (Å²) in [6.07, 6.45) is 0.939. The van der Waals surface area contributed by atoms with E-state index in [-0.39, 0.29) is 5.78 Å². The first-order valence-corrected chi connectivity index (χ1v) is 28.1. The number of carbonyl (C=O) groups is 1. The zero-order valence-electron chi connectivity index (χ0n) is 43.8. The molecule has 3 heteroatoms. The van der Waals surface area contributed by atoms with Crippen LogP contribution in [0.2, 0.25) is 0 Å². The Morgan fingerprint density at radius 2 is 0.600 bits per heavy atom. The highest BCUT2D eigenvalue weighted by Gasteiger charge is 2.54. The van der Waals surface area contributed by atoms with Crippen LogP contribution >= 0.6 is 0 Å². The molecule has 0 saturated heterocycles. The SMILES string of the molecule is CCc1ccc2c(c1)C1(c3ccccc3-c3ccccc31)c1cc(C(=O)c3ccc4c(c3)C3(c5ccccc5-4)c4cc(-n5c6ccccc6c6ccccc65)ccc4-c4ccc(-n5c6ccccc6c6ccccc65)cc43)ccc1-2. The molecule has 372 valence electrons. The van der Waals surface area contributed by atoms with Gasteiger partial charge in [0, 0.05) is 44.0 Å². The van der Waals surface area contributed by atoms with E-state index in [1.54, 1.807) is 0 Å². The van der Waals surface area contributed by atoms with Gasteiger partial charge in [0.25, 0.3) is 0 Å². The van der Waals surface area contributed by atoms with Crippen molar-refractivity contribution in [1.82, 2.24) is 9.13 Å². The van der Waals surface area contributed by atoms with Crippen LogP contribution in [0.4, 0.5) is 0 Å². The van der Waals surface area contributed by atoms with Crippen LogP contribution in [0, 0.1) is 0 Å². The van der Waals surface area contributed by atoms with Crippen molar-refractivity contribution in [2.45, 2.75) is 24.2 Å². The maximum absolute atomic E-state index is 16.0. The predicted octanol–water partition coefficient (Wildman–Crippen LogP) is 18.4. The molecule has 0 fully saturated rings. The number of nitrogens with zero attached hydrogens (tertiary/aromatic N) is 2. The summed E-state index contributed by atoms with van der Waals surface area (Å²) in [7, 11) is 0. The van der Waals surface area contributed by atoms with Gasteiger partial charge in [0.15, 0.2) is 5.78 Å². The van der Waals surface area contributed by atoms with Crippen LogP contribution in [0.3, 0.4) is 0 Å². The van der Waals surface area contributed by atoms with E-state index in [1.165, 1.54) is 127 Å². The Morgan fingerprint density at radius 1 is 0.300 bits per heavy atom. The van der Waals surface area contributed by atoms with Gasteiger partial charge in [-0.2, -0.15) is 0 Å². The molecular weight excluding hydrogens is 969 g/mol. The number of aryl methyl sites for hydroxylation is 1. The Kier molecular flexibility index (Phi) is 8.67. The van der Waals surface area contributed by atoms with Gasteiger partial charge in [-0.3, -0.25) is 4.79 Å². The number of aromatic nitrogens is 2. The molecule has 2 aromatic heterocycles. The van der Waals surface area contributed by atoms with Crippen LogP contribution in [-0.4, -0.2) is 14.9 Å². The van der Waals surface area contributed by atoms with Crippen LogP contribution in [0.5, 0.6) is 0 Å². The molecular formula is C77H48N2O. The Labute approximate surface area is 462 Å². The van der Waals surface area contributed by atoms with E-state index in [4.69, 9.17) is 0 Å². The molecule has 12 aromatic carbocycles. The minimum Gasteiger partial charge on any atom is -0.309 e. The van der Waals surface area contributed by atoms with Crippen molar-refractivity contribution in [3.8, 4) is 55.9 Å². The normalized spacial score (nSPS) is 14.1. The van der Waals surface area contributed by atoms with Crippen LogP contribution in [0.15, 0.2) is 261 Å². The number of hydrogen-bond donors (Lipinski definition) is 0. The molecule has 2 heterocycles. The van der Waals surface area contributed by atoms with E-state index < -0.39 is 10.8 Å². The standard InChI is InChI=1S/C77H48N2O/c1-2-46-31-36-54-56-38-33-47(42-67(56)76(66(54)41-46)63-24-10-3-17-51(63)52-18-4-11-25-64(52)76)75(80)48-32-37-55-53-19-5-12-26-65(53)77(68(55)43-48)69-44-49(78-71-27-13-6-20-59(71)60-21-7-14-28-72(60)78)34-39-57(69)58-40-35-50(45-70(58)77)79-73-29-15-8-22-61(73)62-23-9-16-30-74(62)79/h3-45H,2H2,1H3. The van der Waals surface area contributed by atoms with Crippen molar-refractivity contribution in [2.75, 3.05) is 0 Å². The van der Waals surface area contributed by atoms with Gasteiger partial charge in [0.05, 0.1) is 32.9 Å². The van der Waals surface area contributed by atoms with E-state index >= 15 is 4.79 Å². The molecule has 0 bridgehead atoms. The number of hydrogen-bond acceptors (Lipinski definition) is 1. The van der Waals surface area contributed by atoms with Gasteiger partial charge >= 0.3 is 0 Å². The molecule has 14 aromatic rings. The summed E-state index contributed by atoms with van der Waals surface area (Å²) < 4.78 is 4.88. The van der Waals surface area contributed by atoms with E-state index in [0.717, 1.165) is 28.9 Å². The van der Waals surface area contributed by atoms with E-state index in [2.05, 4.69) is 277 Å². The molecule has 0 N–H and O–H groups in total. The van der Waals surface area contributed by atoms with E-state index in [0.29, 0.717) is 11.1 Å². The third-order valence-electron chi connectivity index (χ3n) is 18.9. The molecule has 0 saturated carbocycles. The lowest BCUT2D eigenvalue weighted by Gasteiger charge is -2.31. The fourth-order valence-corrected chi connectivity index (χ4v) is 15.7. The molecule has 4 aliphatic rings. The Morgan fingerprint density at radius 3 is 1.00 bits per heavy atom. The second-order valence-corrected chi connectivity index (χ2v) is 22.4. The monoisotopic (exact) mass is 1020 g/mol. The average molecular weight is 1020 g/mol. The van der Waals surface area contributed by atoms with Gasteiger partial charge in [0.1, 0.15) is 0 Å². The molecule has 0 atom stereocenters.